The predicted octanol–water partition coefficient (Wildman–Crippen LogP) is 0.950. The van der Waals surface area contributed by atoms with Crippen molar-refractivity contribution in [3.05, 3.63) is 33.9 Å². The summed E-state index contributed by atoms with van der Waals surface area (Å²) in [5.74, 6) is -1.70. The highest BCUT2D eigenvalue weighted by Gasteiger charge is 2.26. The molecule has 1 aromatic rings. The zero-order chi connectivity index (χ0) is 14.7. The number of carboxylic acid groups (broad SMARTS) is 1. The summed E-state index contributed by atoms with van der Waals surface area (Å²) >= 11 is 0. The summed E-state index contributed by atoms with van der Waals surface area (Å²) in [7, 11) is 0. The van der Waals surface area contributed by atoms with Crippen molar-refractivity contribution in [3.8, 4) is 5.75 Å². The molecule has 0 radical (unpaired) electrons. The minimum absolute atomic E-state index is 0.00310. The monoisotopic (exact) mass is 280 g/mol. The van der Waals surface area contributed by atoms with Crippen molar-refractivity contribution in [1.29, 1.82) is 0 Å². The maximum Gasteiger partial charge on any atom is 0.339 e. The number of para-hydroxylation sites is 1. The van der Waals surface area contributed by atoms with E-state index in [9.17, 15) is 19.7 Å². The van der Waals surface area contributed by atoms with Gasteiger partial charge in [0, 0.05) is 12.5 Å². The van der Waals surface area contributed by atoms with E-state index in [0.717, 1.165) is 0 Å². The highest BCUT2D eigenvalue weighted by Crippen LogP contribution is 2.31. The first-order valence-electron chi connectivity index (χ1n) is 5.92. The number of nitro groups is 1. The largest absolute Gasteiger partial charge is 0.484 e. The average Bonchev–Trinajstić information content (AvgIpc) is 2.81. The summed E-state index contributed by atoms with van der Waals surface area (Å²) < 4.78 is 5.29. The number of nitrogens with one attached hydrogen (secondary N) is 1. The smallest absolute Gasteiger partial charge is 0.339 e. The Labute approximate surface area is 113 Å². The van der Waals surface area contributed by atoms with E-state index in [0.29, 0.717) is 12.8 Å². The molecule has 2 rings (SSSR count). The Morgan fingerprint density at radius 2 is 2.30 bits per heavy atom. The Morgan fingerprint density at radius 3 is 2.85 bits per heavy atom. The lowest BCUT2D eigenvalue weighted by molar-refractivity contribution is -0.385. The first-order valence-corrected chi connectivity index (χ1v) is 5.92. The molecule has 0 saturated carbocycles. The topological polar surface area (TPSA) is 119 Å². The standard InChI is InChI=1S/C12H12N2O6/c15-10-5-4-7(13-10)6-20-11-8(12(16)17)2-1-3-9(11)14(18)19/h1-3,7H,4-6H2,(H,13,15)(H,16,17). The van der Waals surface area contributed by atoms with E-state index in [1.807, 2.05) is 0 Å². The Morgan fingerprint density at radius 1 is 1.55 bits per heavy atom. The van der Waals surface area contributed by atoms with Gasteiger partial charge in [-0.05, 0) is 12.5 Å². The zero-order valence-corrected chi connectivity index (χ0v) is 10.4. The van der Waals surface area contributed by atoms with Crippen LogP contribution in [-0.4, -0.2) is 34.6 Å². The van der Waals surface area contributed by atoms with Crippen molar-refractivity contribution in [2.45, 2.75) is 18.9 Å². The molecule has 1 aromatic carbocycles. The lowest BCUT2D eigenvalue weighted by Crippen LogP contribution is -2.31. The molecule has 1 unspecified atom stereocenters. The van der Waals surface area contributed by atoms with Crippen LogP contribution in [0, 0.1) is 10.1 Å². The fourth-order valence-electron chi connectivity index (χ4n) is 1.97. The van der Waals surface area contributed by atoms with Crippen LogP contribution in [0.25, 0.3) is 0 Å². The van der Waals surface area contributed by atoms with Crippen LogP contribution in [0.3, 0.4) is 0 Å². The van der Waals surface area contributed by atoms with E-state index in [2.05, 4.69) is 5.32 Å². The molecule has 1 fully saturated rings. The molecular formula is C12H12N2O6. The number of hydrogen-bond acceptors (Lipinski definition) is 5. The maximum atomic E-state index is 11.1. The highest BCUT2D eigenvalue weighted by atomic mass is 16.6. The number of hydrogen-bond donors (Lipinski definition) is 2. The van der Waals surface area contributed by atoms with Gasteiger partial charge in [-0.1, -0.05) is 6.07 Å². The number of ether oxygens (including phenoxy) is 1. The van der Waals surface area contributed by atoms with Gasteiger partial charge >= 0.3 is 11.7 Å². The van der Waals surface area contributed by atoms with Gasteiger partial charge in [0.25, 0.3) is 0 Å². The SMILES string of the molecule is O=C1CCC(COc2c(C(=O)O)cccc2[N+](=O)[O-])N1. The number of amides is 1. The molecule has 1 heterocycles. The molecule has 1 atom stereocenters. The van der Waals surface area contributed by atoms with E-state index in [4.69, 9.17) is 9.84 Å². The van der Waals surface area contributed by atoms with Crippen LogP contribution in [0.1, 0.15) is 23.2 Å². The summed E-state index contributed by atoms with van der Waals surface area (Å²) in [6.07, 6.45) is 0.929. The van der Waals surface area contributed by atoms with E-state index in [1.165, 1.54) is 18.2 Å². The number of carboxylic acids is 1. The number of aromatic carboxylic acids is 1. The second kappa shape index (κ2) is 5.55. The van der Waals surface area contributed by atoms with Crippen molar-refractivity contribution in [3.63, 3.8) is 0 Å². The fraction of sp³-hybridized carbons (Fsp3) is 0.333. The molecule has 1 amide bonds. The lowest BCUT2D eigenvalue weighted by atomic mass is 10.1. The van der Waals surface area contributed by atoms with Crippen molar-refractivity contribution < 1.29 is 24.4 Å². The summed E-state index contributed by atoms with van der Waals surface area (Å²) in [5.41, 5.74) is -0.683. The number of nitro benzene ring substituents is 1. The van der Waals surface area contributed by atoms with Crippen LogP contribution in [0.15, 0.2) is 18.2 Å². The Bertz CT molecular complexity index is 539. The van der Waals surface area contributed by atoms with Crippen LogP contribution >= 0.6 is 0 Å². The van der Waals surface area contributed by atoms with Gasteiger partial charge in [0.1, 0.15) is 12.2 Å². The second-order valence-electron chi connectivity index (χ2n) is 4.33. The molecule has 1 saturated heterocycles. The lowest BCUT2D eigenvalue weighted by Gasteiger charge is -2.13. The molecular weight excluding hydrogens is 268 g/mol. The first-order chi connectivity index (χ1) is 9.49. The molecule has 0 spiro atoms. The third-order valence-corrected chi connectivity index (χ3v) is 2.94. The number of carbonyl (C=O) groups is 2. The summed E-state index contributed by atoms with van der Waals surface area (Å²) in [6, 6.07) is 3.43. The van der Waals surface area contributed by atoms with Gasteiger partial charge in [-0.25, -0.2) is 4.79 Å². The predicted molar refractivity (Wildman–Crippen MR) is 66.7 cm³/mol. The molecule has 2 N–H and O–H groups in total. The van der Waals surface area contributed by atoms with Crippen molar-refractivity contribution in [2.75, 3.05) is 6.61 Å². The maximum absolute atomic E-state index is 11.1. The number of benzene rings is 1. The van der Waals surface area contributed by atoms with Crippen molar-refractivity contribution >= 4 is 17.6 Å². The van der Waals surface area contributed by atoms with Gasteiger partial charge in [-0.2, -0.15) is 0 Å². The third kappa shape index (κ3) is 2.85. The Balaban J connectivity index is 2.22. The van der Waals surface area contributed by atoms with Gasteiger partial charge in [0.2, 0.25) is 11.7 Å². The van der Waals surface area contributed by atoms with Crippen LogP contribution in [0.2, 0.25) is 0 Å². The summed E-state index contributed by atoms with van der Waals surface area (Å²) in [4.78, 5) is 32.3. The van der Waals surface area contributed by atoms with E-state index < -0.39 is 16.6 Å². The Hall–Kier alpha value is -2.64. The molecule has 0 aromatic heterocycles. The molecule has 20 heavy (non-hydrogen) atoms. The van der Waals surface area contributed by atoms with E-state index in [1.54, 1.807) is 0 Å². The molecule has 0 bridgehead atoms. The molecule has 0 aliphatic carbocycles. The second-order valence-corrected chi connectivity index (χ2v) is 4.33. The minimum Gasteiger partial charge on any atom is -0.484 e. The highest BCUT2D eigenvalue weighted by molar-refractivity contribution is 5.92. The van der Waals surface area contributed by atoms with Gasteiger partial charge in [-0.3, -0.25) is 14.9 Å². The van der Waals surface area contributed by atoms with Crippen LogP contribution in [0.4, 0.5) is 5.69 Å². The zero-order valence-electron chi connectivity index (χ0n) is 10.4. The normalized spacial score (nSPS) is 17.6. The van der Waals surface area contributed by atoms with E-state index >= 15 is 0 Å². The minimum atomic E-state index is -1.31. The number of rotatable bonds is 5. The first kappa shape index (κ1) is 13.8. The third-order valence-electron chi connectivity index (χ3n) is 2.94. The average molecular weight is 280 g/mol. The van der Waals surface area contributed by atoms with Crippen LogP contribution in [0.5, 0.6) is 5.75 Å². The van der Waals surface area contributed by atoms with Crippen LogP contribution < -0.4 is 10.1 Å². The number of nitrogens with zero attached hydrogens (tertiary/aromatic N) is 1. The molecule has 8 nitrogen and oxygen atoms in total. The van der Waals surface area contributed by atoms with Gasteiger partial charge in [0.15, 0.2) is 0 Å². The molecule has 1 aliphatic heterocycles. The van der Waals surface area contributed by atoms with E-state index in [-0.39, 0.29) is 29.9 Å². The molecule has 106 valence electrons. The van der Waals surface area contributed by atoms with Gasteiger partial charge < -0.3 is 15.2 Å². The molecule has 1 aliphatic rings. The molecule has 8 heteroatoms. The van der Waals surface area contributed by atoms with Crippen molar-refractivity contribution in [2.24, 2.45) is 0 Å². The quantitative estimate of drug-likeness (QED) is 0.612. The summed E-state index contributed by atoms with van der Waals surface area (Å²) in [6.45, 7) is -0.00310. The van der Waals surface area contributed by atoms with Crippen LogP contribution in [-0.2, 0) is 4.79 Å². The summed E-state index contributed by atoms with van der Waals surface area (Å²) in [5, 5.41) is 22.6. The fourth-order valence-corrected chi connectivity index (χ4v) is 1.97. The van der Waals surface area contributed by atoms with Gasteiger partial charge in [-0.15, -0.1) is 0 Å². The van der Waals surface area contributed by atoms with Gasteiger partial charge in [0.05, 0.1) is 11.0 Å². The number of carbonyl (C=O) groups excluding carboxylic acids is 1. The Kier molecular flexibility index (Phi) is 3.83. The van der Waals surface area contributed by atoms with Crippen molar-refractivity contribution in [1.82, 2.24) is 5.32 Å².